The first-order valence-corrected chi connectivity index (χ1v) is 12.2. The summed E-state index contributed by atoms with van der Waals surface area (Å²) in [6.07, 6.45) is 0.478. The first-order chi connectivity index (χ1) is 17.5. The van der Waals surface area contributed by atoms with Crippen LogP contribution in [0.15, 0.2) is 24.5 Å². The van der Waals surface area contributed by atoms with Gasteiger partial charge in [0.05, 0.1) is 31.5 Å². The molecule has 4 atom stereocenters. The molecule has 36 heavy (non-hydrogen) atoms. The second-order valence-corrected chi connectivity index (χ2v) is 9.55. The Labute approximate surface area is 207 Å². The van der Waals surface area contributed by atoms with Gasteiger partial charge in [0.2, 0.25) is 5.95 Å². The molecule has 1 saturated carbocycles. The molecule has 2 fully saturated rings. The van der Waals surface area contributed by atoms with E-state index in [1.807, 2.05) is 12.1 Å². The van der Waals surface area contributed by atoms with E-state index < -0.39 is 24.3 Å². The van der Waals surface area contributed by atoms with Crippen LogP contribution in [0.25, 0.3) is 11.2 Å². The summed E-state index contributed by atoms with van der Waals surface area (Å²) in [6.45, 7) is 4.55. The second-order valence-electron chi connectivity index (χ2n) is 9.55. The fraction of sp³-hybridized carbons (Fsp3) is 0.500. The molecule has 4 bridgehead atoms. The van der Waals surface area contributed by atoms with Crippen LogP contribution in [-0.4, -0.2) is 76.7 Å². The van der Waals surface area contributed by atoms with E-state index in [1.54, 1.807) is 7.05 Å². The molecule has 3 N–H and O–H groups in total. The number of rotatable bonds is 2. The number of fused-ring (bicyclic) bond motifs is 4. The number of nitrogens with one attached hydrogen (secondary N) is 3. The highest BCUT2D eigenvalue weighted by Gasteiger charge is 2.37. The Morgan fingerprint density at radius 1 is 1.19 bits per heavy atom. The van der Waals surface area contributed by atoms with E-state index in [4.69, 9.17) is 9.47 Å². The summed E-state index contributed by atoms with van der Waals surface area (Å²) in [5.74, 6) is 0.811. The van der Waals surface area contributed by atoms with Gasteiger partial charge in [0.15, 0.2) is 17.0 Å². The van der Waals surface area contributed by atoms with Crippen molar-refractivity contribution in [2.45, 2.75) is 50.8 Å². The number of benzene rings is 1. The maximum Gasteiger partial charge on any atom is 0.328 e. The Hall–Kier alpha value is -3.51. The highest BCUT2D eigenvalue weighted by molar-refractivity contribution is 5.92. The topological polar surface area (TPSA) is 118 Å². The average molecular weight is 497 g/mol. The van der Waals surface area contributed by atoms with E-state index >= 15 is 0 Å². The predicted molar refractivity (Wildman–Crippen MR) is 133 cm³/mol. The number of alkyl halides is 1. The van der Waals surface area contributed by atoms with Crippen LogP contribution < -0.4 is 20.9 Å². The van der Waals surface area contributed by atoms with Gasteiger partial charge < -0.3 is 30.3 Å². The van der Waals surface area contributed by atoms with Gasteiger partial charge in [-0.2, -0.15) is 9.97 Å². The molecule has 12 heteroatoms. The molecule has 1 aliphatic carbocycles. The van der Waals surface area contributed by atoms with E-state index in [0.717, 1.165) is 30.0 Å². The number of imidazole rings is 1. The normalized spacial score (nSPS) is 26.3. The maximum absolute atomic E-state index is 14.4. The first-order valence-electron chi connectivity index (χ1n) is 12.2. The van der Waals surface area contributed by atoms with E-state index in [0.29, 0.717) is 29.5 Å². The largest absolute Gasteiger partial charge is 0.375 e. The number of amides is 1. The van der Waals surface area contributed by atoms with Crippen LogP contribution in [0.3, 0.4) is 0 Å². The third kappa shape index (κ3) is 4.30. The highest BCUT2D eigenvalue weighted by atomic mass is 19.1. The van der Waals surface area contributed by atoms with Crippen LogP contribution in [-0.2, 0) is 16.1 Å². The quantitative estimate of drug-likeness (QED) is 0.492. The number of hydrogen-bond acceptors (Lipinski definition) is 9. The van der Waals surface area contributed by atoms with Crippen LogP contribution >= 0.6 is 0 Å². The molecule has 1 amide bonds. The van der Waals surface area contributed by atoms with Gasteiger partial charge in [0, 0.05) is 44.4 Å². The minimum absolute atomic E-state index is 0.126. The van der Waals surface area contributed by atoms with Gasteiger partial charge in [-0.25, -0.2) is 18.7 Å². The summed E-state index contributed by atoms with van der Waals surface area (Å²) in [7, 11) is 1.74. The summed E-state index contributed by atoms with van der Waals surface area (Å²) in [5, 5.41) is 9.26. The Balaban J connectivity index is 1.45. The van der Waals surface area contributed by atoms with Crippen molar-refractivity contribution in [3.63, 3.8) is 0 Å². The standard InChI is InChI=1S/C24H29FN8O3/c1-13-10-32(3-4-35-13)17-6-14-5-16(9-17)28-23-30-21(26-2)20-22(31-23)33(12-27-20)24(34)29-18-7-15(25)8-19(18)36-11-14/h5-6,9,12-13,15,18-19H,3-4,7-8,10-11H2,1-2H3,(H,29,34)(H2,26,28,30,31)/t13-,15?,18?,19?/m0/s1. The van der Waals surface area contributed by atoms with E-state index in [1.165, 1.54) is 10.9 Å². The zero-order valence-electron chi connectivity index (χ0n) is 20.2. The Bertz CT molecular complexity index is 1300. The Morgan fingerprint density at radius 3 is 2.92 bits per heavy atom. The van der Waals surface area contributed by atoms with Crippen LogP contribution in [0.4, 0.5) is 32.3 Å². The van der Waals surface area contributed by atoms with Gasteiger partial charge in [-0.1, -0.05) is 0 Å². The number of aromatic nitrogens is 4. The van der Waals surface area contributed by atoms with Gasteiger partial charge in [0.25, 0.3) is 0 Å². The van der Waals surface area contributed by atoms with Gasteiger partial charge in [-0.3, -0.25) is 0 Å². The van der Waals surface area contributed by atoms with Crippen molar-refractivity contribution < 1.29 is 18.7 Å². The Kier molecular flexibility index (Phi) is 5.84. The number of halogens is 1. The average Bonchev–Trinajstić information content (AvgIpc) is 3.44. The lowest BCUT2D eigenvalue weighted by Crippen LogP contribution is -2.43. The summed E-state index contributed by atoms with van der Waals surface area (Å²) >= 11 is 0. The molecule has 0 spiro atoms. The molecular weight excluding hydrogens is 467 g/mol. The molecular formula is C24H29FN8O3. The summed E-state index contributed by atoms with van der Waals surface area (Å²) in [4.78, 5) is 28.9. The molecule has 2 aromatic heterocycles. The van der Waals surface area contributed by atoms with Gasteiger partial charge in [-0.15, -0.1) is 0 Å². The lowest BCUT2D eigenvalue weighted by Gasteiger charge is -2.33. The van der Waals surface area contributed by atoms with Crippen LogP contribution in [0.2, 0.25) is 0 Å². The number of morpholine rings is 1. The molecule has 3 aliphatic rings. The molecule has 1 aromatic carbocycles. The van der Waals surface area contributed by atoms with Crippen molar-refractivity contribution in [1.82, 2.24) is 24.8 Å². The number of hydrogen-bond donors (Lipinski definition) is 3. The molecule has 4 heterocycles. The number of anilines is 4. The summed E-state index contributed by atoms with van der Waals surface area (Å²) < 4.78 is 27.6. The van der Waals surface area contributed by atoms with E-state index in [9.17, 15) is 9.18 Å². The monoisotopic (exact) mass is 496 g/mol. The number of nitrogens with zero attached hydrogens (tertiary/aromatic N) is 5. The molecule has 1 saturated heterocycles. The first kappa shape index (κ1) is 22.9. The molecule has 3 aromatic rings. The van der Waals surface area contributed by atoms with Crippen molar-refractivity contribution in [2.75, 3.05) is 42.3 Å². The molecule has 11 nitrogen and oxygen atoms in total. The van der Waals surface area contributed by atoms with Crippen LogP contribution in [0, 0.1) is 0 Å². The van der Waals surface area contributed by atoms with Crippen molar-refractivity contribution in [1.29, 1.82) is 0 Å². The fourth-order valence-corrected chi connectivity index (χ4v) is 5.18. The van der Waals surface area contributed by atoms with Gasteiger partial charge in [0.1, 0.15) is 12.5 Å². The smallest absolute Gasteiger partial charge is 0.328 e. The Morgan fingerprint density at radius 2 is 2.08 bits per heavy atom. The molecule has 190 valence electrons. The molecule has 6 rings (SSSR count). The zero-order valence-corrected chi connectivity index (χ0v) is 20.2. The van der Waals surface area contributed by atoms with Crippen molar-refractivity contribution >= 4 is 40.3 Å². The van der Waals surface area contributed by atoms with Crippen LogP contribution in [0.1, 0.15) is 25.3 Å². The summed E-state index contributed by atoms with van der Waals surface area (Å²) in [6, 6.07) is 5.22. The highest BCUT2D eigenvalue weighted by Crippen LogP contribution is 2.31. The van der Waals surface area contributed by atoms with Gasteiger partial charge in [-0.05, 0) is 30.7 Å². The molecule has 3 unspecified atom stereocenters. The second kappa shape index (κ2) is 9.17. The number of carbonyl (C=O) groups excluding carboxylic acids is 1. The van der Waals surface area contributed by atoms with Crippen LogP contribution in [0.5, 0.6) is 0 Å². The maximum atomic E-state index is 14.4. The lowest BCUT2D eigenvalue weighted by atomic mass is 10.1. The summed E-state index contributed by atoms with van der Waals surface area (Å²) in [5.41, 5.74) is 3.55. The minimum Gasteiger partial charge on any atom is -0.375 e. The fourth-order valence-electron chi connectivity index (χ4n) is 5.18. The van der Waals surface area contributed by atoms with E-state index in [-0.39, 0.29) is 25.6 Å². The number of ether oxygens (including phenoxy) is 2. The molecule has 2 aliphatic heterocycles. The third-order valence-electron chi connectivity index (χ3n) is 6.91. The SMILES string of the molecule is CNc1nc2nc3c1ncn3C(=O)NC1CC(F)CC1OCc1cc(cc(N3CCO[C@@H](C)C3)c1)N2. The predicted octanol–water partition coefficient (Wildman–Crippen LogP) is 2.79. The van der Waals surface area contributed by atoms with Crippen molar-refractivity contribution in [3.8, 4) is 0 Å². The lowest BCUT2D eigenvalue weighted by molar-refractivity contribution is 0.0273. The van der Waals surface area contributed by atoms with Crippen molar-refractivity contribution in [3.05, 3.63) is 30.1 Å². The third-order valence-corrected chi connectivity index (χ3v) is 6.91. The molecule has 0 radical (unpaired) electrons. The zero-order chi connectivity index (χ0) is 24.8. The van der Waals surface area contributed by atoms with E-state index in [2.05, 4.69) is 48.8 Å². The number of carbonyl (C=O) groups is 1. The van der Waals surface area contributed by atoms with Crippen molar-refractivity contribution in [2.24, 2.45) is 0 Å². The minimum atomic E-state index is -1.04. The van der Waals surface area contributed by atoms with Gasteiger partial charge >= 0.3 is 6.03 Å².